The second kappa shape index (κ2) is 7.63. The molecule has 0 saturated heterocycles. The number of ether oxygens (including phenoxy) is 1. The van der Waals surface area contributed by atoms with Crippen LogP contribution in [-0.4, -0.2) is 37.7 Å². The van der Waals surface area contributed by atoms with Crippen molar-refractivity contribution < 1.29 is 9.53 Å². The summed E-state index contributed by atoms with van der Waals surface area (Å²) in [6.45, 7) is 9.54. The van der Waals surface area contributed by atoms with E-state index in [-0.39, 0.29) is 11.5 Å². The molecular weight excluding hydrogens is 204 g/mol. The number of amides is 1. The molecule has 0 atom stereocenters. The minimum Gasteiger partial charge on any atom is -0.377 e. The Bertz CT molecular complexity index is 203. The van der Waals surface area contributed by atoms with E-state index in [2.05, 4.69) is 24.5 Å². The Kier molecular flexibility index (Phi) is 7.34. The number of hydrogen-bond donors (Lipinski definition) is 2. The van der Waals surface area contributed by atoms with Gasteiger partial charge in [0.05, 0.1) is 5.60 Å². The summed E-state index contributed by atoms with van der Waals surface area (Å²) in [4.78, 5) is 11.5. The summed E-state index contributed by atoms with van der Waals surface area (Å²) in [6, 6.07) is 0.482. The fraction of sp³-hybridized carbons (Fsp3) is 0.917. The molecule has 0 aromatic rings. The van der Waals surface area contributed by atoms with E-state index in [0.29, 0.717) is 19.0 Å². The molecule has 1 amide bonds. The van der Waals surface area contributed by atoms with Crippen LogP contribution in [0.3, 0.4) is 0 Å². The van der Waals surface area contributed by atoms with E-state index < -0.39 is 0 Å². The molecule has 0 fully saturated rings. The van der Waals surface area contributed by atoms with Crippen molar-refractivity contribution in [2.24, 2.45) is 0 Å². The largest absolute Gasteiger partial charge is 0.377 e. The predicted molar refractivity (Wildman–Crippen MR) is 66.5 cm³/mol. The van der Waals surface area contributed by atoms with E-state index in [9.17, 15) is 4.79 Å². The Balaban J connectivity index is 3.52. The number of carbonyl (C=O) groups is 1. The Morgan fingerprint density at radius 2 is 2.00 bits per heavy atom. The van der Waals surface area contributed by atoms with Gasteiger partial charge in [0.1, 0.15) is 0 Å². The van der Waals surface area contributed by atoms with E-state index in [4.69, 9.17) is 4.74 Å². The van der Waals surface area contributed by atoms with Gasteiger partial charge in [-0.05, 0) is 26.8 Å². The molecule has 0 heterocycles. The van der Waals surface area contributed by atoms with Crippen LogP contribution in [0.1, 0.15) is 40.5 Å². The van der Waals surface area contributed by atoms with E-state index in [1.54, 1.807) is 7.11 Å². The summed E-state index contributed by atoms with van der Waals surface area (Å²) in [5.41, 5.74) is -0.286. The molecule has 4 heteroatoms. The lowest BCUT2D eigenvalue weighted by Gasteiger charge is -2.23. The van der Waals surface area contributed by atoms with Gasteiger partial charge in [0, 0.05) is 26.1 Å². The first-order valence-electron chi connectivity index (χ1n) is 5.92. The molecule has 0 rings (SSSR count). The number of methoxy groups -OCH3 is 1. The van der Waals surface area contributed by atoms with Gasteiger partial charge in [-0.1, -0.05) is 13.8 Å². The lowest BCUT2D eigenvalue weighted by molar-refractivity contribution is -0.122. The smallest absolute Gasteiger partial charge is 0.220 e. The first kappa shape index (κ1) is 15.4. The lowest BCUT2D eigenvalue weighted by Crippen LogP contribution is -2.39. The van der Waals surface area contributed by atoms with Gasteiger partial charge in [0.15, 0.2) is 0 Å². The van der Waals surface area contributed by atoms with E-state index in [1.807, 2.05) is 13.8 Å². The minimum atomic E-state index is -0.286. The Labute approximate surface area is 99.1 Å². The van der Waals surface area contributed by atoms with Crippen LogP contribution in [0, 0.1) is 0 Å². The van der Waals surface area contributed by atoms with Crippen molar-refractivity contribution in [3.63, 3.8) is 0 Å². The third kappa shape index (κ3) is 8.68. The maximum absolute atomic E-state index is 11.5. The maximum atomic E-state index is 11.5. The molecule has 2 N–H and O–H groups in total. The van der Waals surface area contributed by atoms with Gasteiger partial charge < -0.3 is 15.4 Å². The van der Waals surface area contributed by atoms with Crippen LogP contribution in [0.4, 0.5) is 0 Å². The second-order valence-electron chi connectivity index (χ2n) is 4.95. The van der Waals surface area contributed by atoms with Crippen molar-refractivity contribution in [3.8, 4) is 0 Å². The second-order valence-corrected chi connectivity index (χ2v) is 4.95. The molecule has 0 radical (unpaired) electrons. The Morgan fingerprint density at radius 3 is 2.50 bits per heavy atom. The van der Waals surface area contributed by atoms with Crippen molar-refractivity contribution in [2.45, 2.75) is 52.2 Å². The Hall–Kier alpha value is -0.610. The molecule has 4 nitrogen and oxygen atoms in total. The van der Waals surface area contributed by atoms with Gasteiger partial charge >= 0.3 is 0 Å². The molecule has 96 valence electrons. The number of rotatable bonds is 8. The third-order valence-electron chi connectivity index (χ3n) is 2.40. The monoisotopic (exact) mass is 230 g/mol. The highest BCUT2D eigenvalue weighted by Gasteiger charge is 2.16. The van der Waals surface area contributed by atoms with Crippen LogP contribution in [0.15, 0.2) is 0 Å². The minimum absolute atomic E-state index is 0.0932. The fourth-order valence-electron chi connectivity index (χ4n) is 1.11. The van der Waals surface area contributed by atoms with Crippen molar-refractivity contribution in [3.05, 3.63) is 0 Å². The van der Waals surface area contributed by atoms with Crippen LogP contribution < -0.4 is 10.6 Å². The summed E-state index contributed by atoms with van der Waals surface area (Å²) in [6.07, 6.45) is 1.44. The molecule has 0 aliphatic rings. The van der Waals surface area contributed by atoms with Gasteiger partial charge in [0.25, 0.3) is 0 Å². The van der Waals surface area contributed by atoms with Gasteiger partial charge in [-0.25, -0.2) is 0 Å². The first-order chi connectivity index (χ1) is 7.37. The predicted octanol–water partition coefficient (Wildman–Crippen LogP) is 1.31. The van der Waals surface area contributed by atoms with E-state index >= 15 is 0 Å². The maximum Gasteiger partial charge on any atom is 0.220 e. The normalized spacial score (nSPS) is 11.9. The zero-order valence-corrected chi connectivity index (χ0v) is 11.2. The van der Waals surface area contributed by atoms with Gasteiger partial charge in [-0.15, -0.1) is 0 Å². The van der Waals surface area contributed by atoms with Crippen molar-refractivity contribution in [2.75, 3.05) is 20.2 Å². The third-order valence-corrected chi connectivity index (χ3v) is 2.40. The zero-order valence-electron chi connectivity index (χ0n) is 11.2. The van der Waals surface area contributed by atoms with E-state index in [1.165, 1.54) is 0 Å². The molecular formula is C12H26N2O2. The fourth-order valence-corrected chi connectivity index (χ4v) is 1.11. The SMILES string of the molecule is COC(C)(C)CNC(=O)CCCNC(C)C. The van der Waals surface area contributed by atoms with Crippen LogP contribution in [0.2, 0.25) is 0 Å². The van der Waals surface area contributed by atoms with Crippen LogP contribution in [0.5, 0.6) is 0 Å². The summed E-state index contributed by atoms with van der Waals surface area (Å²) in [7, 11) is 1.65. The van der Waals surface area contributed by atoms with Crippen molar-refractivity contribution in [1.82, 2.24) is 10.6 Å². The first-order valence-corrected chi connectivity index (χ1v) is 5.92. The highest BCUT2D eigenvalue weighted by atomic mass is 16.5. The Morgan fingerprint density at radius 1 is 1.38 bits per heavy atom. The molecule has 0 spiro atoms. The van der Waals surface area contributed by atoms with E-state index in [0.717, 1.165) is 13.0 Å². The van der Waals surface area contributed by atoms with Gasteiger partial charge in [-0.2, -0.15) is 0 Å². The number of carbonyl (C=O) groups excluding carboxylic acids is 1. The highest BCUT2D eigenvalue weighted by Crippen LogP contribution is 2.04. The molecule has 0 unspecified atom stereocenters. The van der Waals surface area contributed by atoms with Gasteiger partial charge in [0.2, 0.25) is 5.91 Å². The standard InChI is InChI=1S/C12H26N2O2/c1-10(2)13-8-6-7-11(15)14-9-12(3,4)16-5/h10,13H,6-9H2,1-5H3,(H,14,15). The lowest BCUT2D eigenvalue weighted by atomic mass is 10.1. The number of hydrogen-bond acceptors (Lipinski definition) is 3. The average Bonchev–Trinajstić information content (AvgIpc) is 2.21. The summed E-state index contributed by atoms with van der Waals surface area (Å²) < 4.78 is 5.22. The summed E-state index contributed by atoms with van der Waals surface area (Å²) >= 11 is 0. The summed E-state index contributed by atoms with van der Waals surface area (Å²) in [5, 5.41) is 6.15. The van der Waals surface area contributed by atoms with Gasteiger partial charge in [-0.3, -0.25) is 4.79 Å². The van der Waals surface area contributed by atoms with Crippen LogP contribution in [-0.2, 0) is 9.53 Å². The van der Waals surface area contributed by atoms with Crippen LogP contribution >= 0.6 is 0 Å². The number of nitrogens with one attached hydrogen (secondary N) is 2. The molecule has 0 bridgehead atoms. The zero-order chi connectivity index (χ0) is 12.6. The molecule has 0 aromatic carbocycles. The van der Waals surface area contributed by atoms with Crippen molar-refractivity contribution >= 4 is 5.91 Å². The topological polar surface area (TPSA) is 50.4 Å². The molecule has 16 heavy (non-hydrogen) atoms. The quantitative estimate of drug-likeness (QED) is 0.618. The molecule has 0 saturated carbocycles. The summed E-state index contributed by atoms with van der Waals surface area (Å²) in [5.74, 6) is 0.0932. The highest BCUT2D eigenvalue weighted by molar-refractivity contribution is 5.75. The average molecular weight is 230 g/mol. The van der Waals surface area contributed by atoms with Crippen LogP contribution in [0.25, 0.3) is 0 Å². The molecule has 0 aromatic heterocycles. The molecule has 0 aliphatic heterocycles. The molecule has 0 aliphatic carbocycles. The van der Waals surface area contributed by atoms with Crippen molar-refractivity contribution in [1.29, 1.82) is 0 Å².